The van der Waals surface area contributed by atoms with Crippen LogP contribution >= 0.6 is 0 Å². The molecule has 0 saturated heterocycles. The highest BCUT2D eigenvalue weighted by Crippen LogP contribution is 2.47. The van der Waals surface area contributed by atoms with Crippen molar-refractivity contribution in [3.8, 4) is 0 Å². The van der Waals surface area contributed by atoms with E-state index >= 15 is 0 Å². The van der Waals surface area contributed by atoms with E-state index in [9.17, 15) is 9.59 Å². The first-order valence-electron chi connectivity index (χ1n) is 10.2. The second-order valence-corrected chi connectivity index (χ2v) is 7.89. The average Bonchev–Trinajstić information content (AvgIpc) is 2.77. The fourth-order valence-electron chi connectivity index (χ4n) is 4.65. The molecule has 0 bridgehead atoms. The molecule has 0 saturated carbocycles. The quantitative estimate of drug-likeness (QED) is 0.622. The number of aromatic nitrogens is 1. The van der Waals surface area contributed by atoms with Gasteiger partial charge in [-0.1, -0.05) is 18.2 Å². The normalized spacial score (nSPS) is 17.9. The highest BCUT2D eigenvalue weighted by molar-refractivity contribution is 6.03. The third-order valence-electron chi connectivity index (χ3n) is 6.04. The number of ether oxygens (including phenoxy) is 1. The molecule has 2 heterocycles. The summed E-state index contributed by atoms with van der Waals surface area (Å²) in [5.74, 6) is -0.372. The van der Waals surface area contributed by atoms with Crippen molar-refractivity contribution in [3.05, 3.63) is 82.2 Å². The largest absolute Gasteiger partial charge is 0.465 e. The van der Waals surface area contributed by atoms with Gasteiger partial charge in [0.05, 0.1) is 18.2 Å². The lowest BCUT2D eigenvalue weighted by atomic mass is 9.74. The van der Waals surface area contributed by atoms with Gasteiger partial charge < -0.3 is 10.1 Å². The number of allylic oxidation sites excluding steroid dienone is 2. The first-order valence-corrected chi connectivity index (χ1v) is 10.2. The molecule has 0 amide bonds. The van der Waals surface area contributed by atoms with Gasteiger partial charge in [0.1, 0.15) is 0 Å². The summed E-state index contributed by atoms with van der Waals surface area (Å²) in [6, 6.07) is 15.6. The van der Waals surface area contributed by atoms with Crippen molar-refractivity contribution in [2.24, 2.45) is 0 Å². The van der Waals surface area contributed by atoms with Crippen LogP contribution in [0.15, 0.2) is 59.8 Å². The van der Waals surface area contributed by atoms with Crippen molar-refractivity contribution >= 4 is 28.3 Å². The predicted molar refractivity (Wildman–Crippen MR) is 116 cm³/mol. The van der Waals surface area contributed by atoms with Crippen LogP contribution in [-0.4, -0.2) is 23.8 Å². The molecule has 0 spiro atoms. The highest BCUT2D eigenvalue weighted by Gasteiger charge is 2.36. The van der Waals surface area contributed by atoms with Crippen LogP contribution in [-0.2, 0) is 9.53 Å². The maximum absolute atomic E-state index is 13.0. The molecule has 5 rings (SSSR count). The van der Waals surface area contributed by atoms with Crippen LogP contribution < -0.4 is 5.32 Å². The molecular formula is C25H22N2O3. The lowest BCUT2D eigenvalue weighted by Gasteiger charge is -2.35. The van der Waals surface area contributed by atoms with Crippen LogP contribution in [0.2, 0.25) is 0 Å². The van der Waals surface area contributed by atoms with Gasteiger partial charge in [-0.05, 0) is 61.2 Å². The third-order valence-corrected chi connectivity index (χ3v) is 6.04. The molecule has 0 fully saturated rings. The number of aryl methyl sites for hydroxylation is 1. The Labute approximate surface area is 174 Å². The molecule has 1 aromatic heterocycles. The van der Waals surface area contributed by atoms with Gasteiger partial charge in [-0.3, -0.25) is 9.78 Å². The van der Waals surface area contributed by atoms with Gasteiger partial charge in [0.2, 0.25) is 0 Å². The molecule has 2 aromatic carbocycles. The molecule has 150 valence electrons. The number of Topliss-reactive ketones (excluding diaryl/α,β-unsaturated/α-hetero) is 1. The van der Waals surface area contributed by atoms with Gasteiger partial charge in [-0.2, -0.15) is 0 Å². The van der Waals surface area contributed by atoms with Crippen LogP contribution in [0.5, 0.6) is 0 Å². The van der Waals surface area contributed by atoms with E-state index in [2.05, 4.69) is 17.4 Å². The Kier molecular flexibility index (Phi) is 4.39. The monoisotopic (exact) mass is 398 g/mol. The summed E-state index contributed by atoms with van der Waals surface area (Å²) in [6.45, 7) is 1.98. The van der Waals surface area contributed by atoms with Crippen molar-refractivity contribution in [1.82, 2.24) is 4.98 Å². The summed E-state index contributed by atoms with van der Waals surface area (Å²) in [4.78, 5) is 29.6. The van der Waals surface area contributed by atoms with Crippen LogP contribution in [0.1, 0.15) is 52.4 Å². The Hall–Kier alpha value is -3.47. The van der Waals surface area contributed by atoms with E-state index in [1.807, 2.05) is 31.2 Å². The van der Waals surface area contributed by atoms with E-state index in [1.165, 1.54) is 7.11 Å². The number of anilines is 1. The number of benzene rings is 2. The summed E-state index contributed by atoms with van der Waals surface area (Å²) in [6.07, 6.45) is 2.29. The van der Waals surface area contributed by atoms with Crippen molar-refractivity contribution in [1.29, 1.82) is 0 Å². The second-order valence-electron chi connectivity index (χ2n) is 7.89. The molecule has 1 aliphatic heterocycles. The first-order chi connectivity index (χ1) is 14.6. The van der Waals surface area contributed by atoms with E-state index in [1.54, 1.807) is 12.1 Å². The van der Waals surface area contributed by atoms with E-state index in [0.717, 1.165) is 57.5 Å². The molecule has 5 nitrogen and oxygen atoms in total. The van der Waals surface area contributed by atoms with Crippen LogP contribution in [0.3, 0.4) is 0 Å². The van der Waals surface area contributed by atoms with E-state index < -0.39 is 0 Å². The highest BCUT2D eigenvalue weighted by atomic mass is 16.5. The summed E-state index contributed by atoms with van der Waals surface area (Å²) in [5.41, 5.74) is 7.30. The second kappa shape index (κ2) is 7.10. The number of rotatable bonds is 2. The Balaban J connectivity index is 1.75. The number of carbonyl (C=O) groups is 2. The number of ketones is 1. The van der Waals surface area contributed by atoms with E-state index in [0.29, 0.717) is 12.0 Å². The molecule has 1 N–H and O–H groups in total. The summed E-state index contributed by atoms with van der Waals surface area (Å²) in [5, 5.41) is 4.57. The van der Waals surface area contributed by atoms with Crippen LogP contribution in [0, 0.1) is 6.92 Å². The van der Waals surface area contributed by atoms with Crippen molar-refractivity contribution in [3.63, 3.8) is 0 Å². The number of carbonyl (C=O) groups excluding carboxylic acids is 2. The fourth-order valence-corrected chi connectivity index (χ4v) is 4.65. The SMILES string of the molecule is COC(=O)c1ccc([C@H]2C3=C(CCCC3=O)Nc3ccc4nc(C)ccc4c32)cc1. The number of methoxy groups -OCH3 is 1. The molecule has 0 radical (unpaired) electrons. The molecule has 30 heavy (non-hydrogen) atoms. The summed E-state index contributed by atoms with van der Waals surface area (Å²) < 4.78 is 4.83. The van der Waals surface area contributed by atoms with Crippen molar-refractivity contribution < 1.29 is 14.3 Å². The minimum absolute atomic E-state index is 0.188. The number of fused-ring (bicyclic) bond motifs is 3. The zero-order valence-corrected chi connectivity index (χ0v) is 17.0. The summed E-state index contributed by atoms with van der Waals surface area (Å²) in [7, 11) is 1.37. The number of nitrogens with one attached hydrogen (secondary N) is 1. The Morgan fingerprint density at radius 3 is 2.63 bits per heavy atom. The maximum Gasteiger partial charge on any atom is 0.337 e. The van der Waals surface area contributed by atoms with Gasteiger partial charge >= 0.3 is 5.97 Å². The Bertz CT molecular complexity index is 1230. The molecular weight excluding hydrogens is 376 g/mol. The smallest absolute Gasteiger partial charge is 0.337 e. The van der Waals surface area contributed by atoms with Gasteiger partial charge in [0.15, 0.2) is 5.78 Å². The molecule has 5 heteroatoms. The molecule has 1 aliphatic carbocycles. The minimum Gasteiger partial charge on any atom is -0.465 e. The number of pyridine rings is 1. The average molecular weight is 398 g/mol. The minimum atomic E-state index is -0.369. The topological polar surface area (TPSA) is 68.3 Å². The maximum atomic E-state index is 13.0. The van der Waals surface area contributed by atoms with Crippen molar-refractivity contribution in [2.75, 3.05) is 12.4 Å². The first kappa shape index (κ1) is 18.6. The lowest BCUT2D eigenvalue weighted by Crippen LogP contribution is -2.27. The molecule has 3 aromatic rings. The van der Waals surface area contributed by atoms with Gasteiger partial charge in [0, 0.05) is 40.4 Å². The van der Waals surface area contributed by atoms with E-state index in [-0.39, 0.29) is 17.7 Å². The van der Waals surface area contributed by atoms with Crippen LogP contribution in [0.25, 0.3) is 10.9 Å². The predicted octanol–water partition coefficient (Wildman–Crippen LogP) is 4.89. The fraction of sp³-hybridized carbons (Fsp3) is 0.240. The number of esters is 1. The number of hydrogen-bond donors (Lipinski definition) is 1. The molecule has 2 aliphatic rings. The van der Waals surface area contributed by atoms with E-state index in [4.69, 9.17) is 9.72 Å². The van der Waals surface area contributed by atoms with Gasteiger partial charge in [-0.25, -0.2) is 4.79 Å². The van der Waals surface area contributed by atoms with Crippen LogP contribution in [0.4, 0.5) is 5.69 Å². The number of hydrogen-bond acceptors (Lipinski definition) is 5. The Morgan fingerprint density at radius 2 is 1.87 bits per heavy atom. The Morgan fingerprint density at radius 1 is 1.07 bits per heavy atom. The lowest BCUT2D eigenvalue weighted by molar-refractivity contribution is -0.116. The molecule has 0 unspecified atom stereocenters. The van der Waals surface area contributed by atoms with Gasteiger partial charge in [0.25, 0.3) is 0 Å². The van der Waals surface area contributed by atoms with Gasteiger partial charge in [-0.15, -0.1) is 0 Å². The standard InChI is InChI=1S/C25H22N2O3/c1-14-6-11-17-18(26-14)12-13-20-23(17)22(24-19(27-20)4-3-5-21(24)28)15-7-9-16(10-8-15)25(29)30-2/h6-13,22,27H,3-5H2,1-2H3/t22-/m1/s1. The summed E-state index contributed by atoms with van der Waals surface area (Å²) >= 11 is 0. The van der Waals surface area contributed by atoms with Crippen molar-refractivity contribution in [2.45, 2.75) is 32.1 Å². The zero-order chi connectivity index (χ0) is 20.8. The molecule has 1 atom stereocenters. The zero-order valence-electron chi connectivity index (χ0n) is 17.0. The number of nitrogens with zero attached hydrogens (tertiary/aromatic N) is 1. The third kappa shape index (κ3) is 2.89.